The van der Waals surface area contributed by atoms with Gasteiger partial charge in [-0.15, -0.1) is 11.3 Å². The summed E-state index contributed by atoms with van der Waals surface area (Å²) in [7, 11) is 0. The molecule has 1 heterocycles. The molecule has 4 aromatic rings. The lowest BCUT2D eigenvalue weighted by Gasteiger charge is -2.29. The molecule has 4 atom stereocenters. The Balaban J connectivity index is 1.55. The van der Waals surface area contributed by atoms with Gasteiger partial charge in [0.1, 0.15) is 18.1 Å². The van der Waals surface area contributed by atoms with Crippen LogP contribution in [-0.4, -0.2) is 53.3 Å². The van der Waals surface area contributed by atoms with Crippen LogP contribution in [0.25, 0.3) is 10.2 Å². The van der Waals surface area contributed by atoms with Crippen molar-refractivity contribution >= 4 is 56.8 Å². The molecule has 3 aromatic carbocycles. The van der Waals surface area contributed by atoms with Gasteiger partial charge in [-0.2, -0.15) is 0 Å². The maximum absolute atomic E-state index is 14.0. The van der Waals surface area contributed by atoms with Crippen molar-refractivity contribution in [1.82, 2.24) is 26.3 Å². The van der Waals surface area contributed by atoms with Gasteiger partial charge in [0.2, 0.25) is 23.6 Å². The number of aromatic nitrogens is 1. The number of hydrogen-bond acceptors (Lipinski definition) is 7. The number of halogens is 1. The van der Waals surface area contributed by atoms with Gasteiger partial charge in [-0.25, -0.2) is 4.98 Å². The van der Waals surface area contributed by atoms with Crippen LogP contribution in [0.15, 0.2) is 78.9 Å². The van der Waals surface area contributed by atoms with Gasteiger partial charge in [0.15, 0.2) is 0 Å². The van der Waals surface area contributed by atoms with Gasteiger partial charge < -0.3 is 27.0 Å². The fourth-order valence-electron chi connectivity index (χ4n) is 5.59. The number of rotatable bonds is 18. The van der Waals surface area contributed by atoms with Gasteiger partial charge in [-0.3, -0.25) is 19.2 Å². The maximum atomic E-state index is 14.0. The summed E-state index contributed by atoms with van der Waals surface area (Å²) in [6, 6.07) is 21.4. The summed E-state index contributed by atoms with van der Waals surface area (Å²) in [5, 5.41) is 13.0. The van der Waals surface area contributed by atoms with Crippen molar-refractivity contribution in [2.24, 2.45) is 11.7 Å². The number of nitrogens with zero attached hydrogens (tertiary/aromatic N) is 1. The van der Waals surface area contributed by atoms with Gasteiger partial charge in [-0.05, 0) is 61.1 Å². The van der Waals surface area contributed by atoms with Gasteiger partial charge in [0, 0.05) is 17.9 Å². The zero-order valence-electron chi connectivity index (χ0n) is 28.8. The largest absolute Gasteiger partial charge is 0.344 e. The van der Waals surface area contributed by atoms with E-state index in [2.05, 4.69) is 26.3 Å². The average Bonchev–Trinajstić information content (AvgIpc) is 3.53. The predicted octanol–water partition coefficient (Wildman–Crippen LogP) is 5.44. The van der Waals surface area contributed by atoms with Gasteiger partial charge in [0.05, 0.1) is 21.3 Å². The first kappa shape index (κ1) is 38.5. The topological polar surface area (TPSA) is 155 Å². The van der Waals surface area contributed by atoms with Crippen molar-refractivity contribution in [1.29, 1.82) is 0 Å². The first-order chi connectivity index (χ1) is 24.1. The van der Waals surface area contributed by atoms with E-state index in [1.165, 1.54) is 11.3 Å². The van der Waals surface area contributed by atoms with Crippen LogP contribution in [-0.2, 0) is 25.6 Å². The molecule has 0 unspecified atom stereocenters. The zero-order valence-corrected chi connectivity index (χ0v) is 30.4. The van der Waals surface area contributed by atoms with Gasteiger partial charge in [-0.1, -0.05) is 99.5 Å². The Bertz CT molecular complexity index is 1680. The molecule has 6 N–H and O–H groups in total. The number of nitrogens with one attached hydrogen (secondary N) is 4. The number of nitrogens with two attached hydrogens (primary N) is 1. The minimum atomic E-state index is -0.973. The maximum Gasteiger partial charge on any atom is 0.243 e. The van der Waals surface area contributed by atoms with E-state index in [0.717, 1.165) is 15.8 Å². The molecular weight excluding hydrogens is 672 g/mol. The molecule has 0 aliphatic rings. The highest BCUT2D eigenvalue weighted by Crippen LogP contribution is 2.26. The molecule has 266 valence electrons. The lowest BCUT2D eigenvalue weighted by molar-refractivity contribution is -0.134. The van der Waals surface area contributed by atoms with E-state index in [1.807, 2.05) is 80.6 Å². The summed E-state index contributed by atoms with van der Waals surface area (Å²) in [5.74, 6) is -1.91. The summed E-state index contributed by atoms with van der Waals surface area (Å²) in [5.41, 5.74) is 8.28. The number of amides is 4. The van der Waals surface area contributed by atoms with Crippen molar-refractivity contribution in [3.05, 3.63) is 100 Å². The number of unbranched alkanes of at least 4 members (excludes halogenated alkanes) is 1. The second-order valence-corrected chi connectivity index (χ2v) is 13.9. The van der Waals surface area contributed by atoms with Crippen LogP contribution in [0.4, 0.5) is 0 Å². The van der Waals surface area contributed by atoms with Crippen LogP contribution in [0.1, 0.15) is 75.1 Å². The Morgan fingerprint density at radius 1 is 0.800 bits per heavy atom. The van der Waals surface area contributed by atoms with Crippen LogP contribution in [0.5, 0.6) is 0 Å². The predicted molar refractivity (Wildman–Crippen MR) is 200 cm³/mol. The molecule has 0 spiro atoms. The molecule has 4 rings (SSSR count). The lowest BCUT2D eigenvalue weighted by atomic mass is 9.96. The summed E-state index contributed by atoms with van der Waals surface area (Å²) >= 11 is 7.56. The SMILES string of the molecule is CCC(=O)N[C@@H](Cc1nc2cc(Cl)ccc2s1)C(=O)N[C@H](C(=O)N[C@@H](CCCCN)C(=O)NC(c1ccccc1)c1ccccc1)[C@@H](C)CC. The minimum absolute atomic E-state index is 0.133. The number of carbonyl (C=O) groups excluding carboxylic acids is 4. The molecule has 1 aromatic heterocycles. The Kier molecular flexibility index (Phi) is 14.8. The smallest absolute Gasteiger partial charge is 0.243 e. The fraction of sp³-hybridized carbons (Fsp3) is 0.395. The summed E-state index contributed by atoms with van der Waals surface area (Å²) in [6.07, 6.45) is 2.56. The molecule has 4 amide bonds. The van der Waals surface area contributed by atoms with Crippen molar-refractivity contribution in [3.63, 3.8) is 0 Å². The lowest BCUT2D eigenvalue weighted by Crippen LogP contribution is -2.59. The molecule has 0 saturated carbocycles. The van der Waals surface area contributed by atoms with Crippen LogP contribution in [0, 0.1) is 5.92 Å². The number of hydrogen-bond donors (Lipinski definition) is 5. The van der Waals surface area contributed by atoms with E-state index in [9.17, 15) is 19.2 Å². The number of carbonyl (C=O) groups is 4. The molecule has 12 heteroatoms. The van der Waals surface area contributed by atoms with Gasteiger partial charge in [0.25, 0.3) is 0 Å². The Hall–Kier alpha value is -4.32. The number of thiazole rings is 1. The molecule has 10 nitrogen and oxygen atoms in total. The first-order valence-corrected chi connectivity index (χ1v) is 18.4. The normalized spacial score (nSPS) is 13.6. The van der Waals surface area contributed by atoms with Gasteiger partial charge >= 0.3 is 0 Å². The molecule has 0 radical (unpaired) electrons. The molecule has 50 heavy (non-hydrogen) atoms. The van der Waals surface area contributed by atoms with Crippen molar-refractivity contribution in [2.75, 3.05) is 6.54 Å². The zero-order chi connectivity index (χ0) is 36.0. The molecule has 0 fully saturated rings. The van der Waals surface area contributed by atoms with Crippen LogP contribution in [0.3, 0.4) is 0 Å². The van der Waals surface area contributed by atoms with Crippen molar-refractivity contribution in [3.8, 4) is 0 Å². The number of fused-ring (bicyclic) bond motifs is 1. The third kappa shape index (κ3) is 10.8. The monoisotopic (exact) mass is 718 g/mol. The fourth-order valence-corrected chi connectivity index (χ4v) is 6.75. The van der Waals surface area contributed by atoms with E-state index in [1.54, 1.807) is 19.1 Å². The van der Waals surface area contributed by atoms with E-state index in [0.29, 0.717) is 47.8 Å². The summed E-state index contributed by atoms with van der Waals surface area (Å²) in [6.45, 7) is 5.95. The minimum Gasteiger partial charge on any atom is -0.344 e. The summed E-state index contributed by atoms with van der Waals surface area (Å²) < 4.78 is 0.906. The molecule has 0 bridgehead atoms. The second-order valence-electron chi connectivity index (χ2n) is 12.4. The highest BCUT2D eigenvalue weighted by molar-refractivity contribution is 7.18. The highest BCUT2D eigenvalue weighted by atomic mass is 35.5. The highest BCUT2D eigenvalue weighted by Gasteiger charge is 2.33. The van der Waals surface area contributed by atoms with E-state index in [4.69, 9.17) is 17.3 Å². The van der Waals surface area contributed by atoms with Crippen LogP contribution in [0.2, 0.25) is 5.02 Å². The Labute approximate surface area is 303 Å². The van der Waals surface area contributed by atoms with Crippen molar-refractivity contribution in [2.45, 2.75) is 83.5 Å². The quantitative estimate of drug-likeness (QED) is 0.0864. The van der Waals surface area contributed by atoms with Crippen LogP contribution < -0.4 is 27.0 Å². The van der Waals surface area contributed by atoms with Crippen molar-refractivity contribution < 1.29 is 19.2 Å². The molecule has 0 aliphatic carbocycles. The van der Waals surface area contributed by atoms with E-state index >= 15 is 0 Å². The third-order valence-corrected chi connectivity index (χ3v) is 9.96. The first-order valence-electron chi connectivity index (χ1n) is 17.2. The van der Waals surface area contributed by atoms with Crippen LogP contribution >= 0.6 is 22.9 Å². The second kappa shape index (κ2) is 19.2. The average molecular weight is 719 g/mol. The van der Waals surface area contributed by atoms with E-state index in [-0.39, 0.29) is 30.6 Å². The Morgan fingerprint density at radius 3 is 2.04 bits per heavy atom. The summed E-state index contributed by atoms with van der Waals surface area (Å²) in [4.78, 5) is 59.0. The molecular formula is C38H47ClN6O4S. The standard InChI is InChI=1S/C38H47ClN6O4S/c1-4-24(3)34(44-37(48)30(41-32(46)5-2)23-33-42-29-22-27(39)19-20-31(29)50-33)38(49)43-28(18-12-13-21-40)36(47)45-35(25-14-8-6-9-15-25)26-16-10-7-11-17-26/h6-11,14-17,19-20,22,24,28,30,34-35H,4-5,12-13,18,21,23,40H2,1-3H3,(H,41,46)(H,43,49)(H,44,48)(H,45,47)/t24-,28-,30-,34-/m0/s1. The molecule has 0 aliphatic heterocycles. The van der Waals surface area contributed by atoms with E-state index < -0.39 is 36.0 Å². The third-order valence-electron chi connectivity index (χ3n) is 8.67. The molecule has 0 saturated heterocycles. The number of benzene rings is 3. The Morgan fingerprint density at radius 2 is 1.44 bits per heavy atom.